The number of benzene rings is 2. The molecular weight excluding hydrogens is 440 g/mol. The van der Waals surface area contributed by atoms with Crippen LogP contribution in [0, 0.1) is 6.92 Å². The Kier molecular flexibility index (Phi) is 7.92. The van der Waals surface area contributed by atoms with Crippen LogP contribution in [0.3, 0.4) is 0 Å². The van der Waals surface area contributed by atoms with Crippen molar-refractivity contribution in [2.45, 2.75) is 56.8 Å². The number of sulfonamides is 1. The van der Waals surface area contributed by atoms with Crippen molar-refractivity contribution in [1.82, 2.24) is 4.31 Å². The van der Waals surface area contributed by atoms with E-state index in [0.717, 1.165) is 18.4 Å². The molecule has 2 aromatic rings. The third-order valence-corrected chi connectivity index (χ3v) is 8.38. The molecule has 0 aliphatic heterocycles. The molecule has 1 saturated carbocycles. The molecule has 1 aliphatic carbocycles. The molecule has 1 aliphatic rings. The number of carbonyl (C=O) groups is 2. The number of carbonyl (C=O) groups excluding carboxylic acids is 2. The van der Waals surface area contributed by atoms with Gasteiger partial charge in [-0.2, -0.15) is 4.31 Å². The molecule has 0 aromatic heterocycles. The van der Waals surface area contributed by atoms with Crippen molar-refractivity contribution in [3.63, 3.8) is 0 Å². The van der Waals surface area contributed by atoms with Gasteiger partial charge in [0.15, 0.2) is 6.61 Å². The lowest BCUT2D eigenvalue weighted by Gasteiger charge is -2.27. The second-order valence-corrected chi connectivity index (χ2v) is 10.3. The van der Waals surface area contributed by atoms with E-state index >= 15 is 0 Å². The number of esters is 1. The molecule has 8 heteroatoms. The third-order valence-electron chi connectivity index (χ3n) is 6.33. The maximum absolute atomic E-state index is 13.0. The minimum absolute atomic E-state index is 0.109. The van der Waals surface area contributed by atoms with Crippen LogP contribution in [-0.2, 0) is 29.8 Å². The van der Waals surface area contributed by atoms with Crippen LogP contribution in [0.4, 0.5) is 5.69 Å². The summed E-state index contributed by atoms with van der Waals surface area (Å²) in [7, 11) is -3.66. The van der Waals surface area contributed by atoms with Crippen LogP contribution in [0.25, 0.3) is 0 Å². The molecular formula is C25H32N2O5S. The summed E-state index contributed by atoms with van der Waals surface area (Å²) in [5.41, 5.74) is 1.29. The normalized spacial score (nSPS) is 15.4. The van der Waals surface area contributed by atoms with Gasteiger partial charge in [-0.25, -0.2) is 8.42 Å². The van der Waals surface area contributed by atoms with Gasteiger partial charge in [-0.05, 0) is 43.0 Å². The Morgan fingerprint density at radius 1 is 1.03 bits per heavy atom. The van der Waals surface area contributed by atoms with Crippen LogP contribution in [-0.4, -0.2) is 44.3 Å². The highest BCUT2D eigenvalue weighted by Crippen LogP contribution is 2.42. The number of rotatable bonds is 9. The quantitative estimate of drug-likeness (QED) is 0.557. The lowest BCUT2D eigenvalue weighted by atomic mass is 9.79. The molecule has 178 valence electrons. The first-order valence-electron chi connectivity index (χ1n) is 11.4. The van der Waals surface area contributed by atoms with Crippen molar-refractivity contribution >= 4 is 27.6 Å². The van der Waals surface area contributed by atoms with Gasteiger partial charge < -0.3 is 10.1 Å². The summed E-state index contributed by atoms with van der Waals surface area (Å²) in [6.07, 6.45) is 3.26. The number of nitrogens with zero attached hydrogens (tertiary/aromatic N) is 1. The molecule has 1 N–H and O–H groups in total. The first-order chi connectivity index (χ1) is 15.7. The number of aryl methyl sites for hydroxylation is 1. The molecule has 0 spiro atoms. The Bertz CT molecular complexity index is 1090. The average Bonchev–Trinajstić information content (AvgIpc) is 3.31. The van der Waals surface area contributed by atoms with Crippen molar-refractivity contribution in [3.05, 3.63) is 59.7 Å². The fourth-order valence-electron chi connectivity index (χ4n) is 4.41. The average molecular weight is 473 g/mol. The van der Waals surface area contributed by atoms with E-state index < -0.39 is 33.9 Å². The molecule has 0 saturated heterocycles. The zero-order chi connectivity index (χ0) is 24.1. The van der Waals surface area contributed by atoms with Gasteiger partial charge in [0, 0.05) is 18.8 Å². The maximum atomic E-state index is 13.0. The number of hydrogen-bond acceptors (Lipinski definition) is 5. The van der Waals surface area contributed by atoms with E-state index in [9.17, 15) is 18.0 Å². The Hall–Kier alpha value is -2.71. The standard InChI is InChI=1S/C25H32N2O5S/c1-4-27(5-2)33(30,31)21-14-13-19(3)22(17-21)26-23(28)18-32-24(29)25(15-9-10-16-25)20-11-7-6-8-12-20/h6-8,11-14,17H,4-5,9-10,15-16,18H2,1-3H3,(H,26,28). The molecule has 0 radical (unpaired) electrons. The van der Waals surface area contributed by atoms with E-state index in [0.29, 0.717) is 37.2 Å². The van der Waals surface area contributed by atoms with Crippen molar-refractivity contribution < 1.29 is 22.7 Å². The van der Waals surface area contributed by atoms with Gasteiger partial charge in [-0.1, -0.05) is 63.1 Å². The first kappa shape index (κ1) is 24.9. The Morgan fingerprint density at radius 2 is 1.67 bits per heavy atom. The number of ether oxygens (including phenoxy) is 1. The summed E-state index contributed by atoms with van der Waals surface area (Å²) < 4.78 is 32.4. The predicted molar refractivity (Wildman–Crippen MR) is 127 cm³/mol. The van der Waals surface area contributed by atoms with E-state index in [4.69, 9.17) is 4.74 Å². The summed E-state index contributed by atoms with van der Waals surface area (Å²) in [5.74, 6) is -0.902. The largest absolute Gasteiger partial charge is 0.455 e. The van der Waals surface area contributed by atoms with Gasteiger partial charge in [0.25, 0.3) is 5.91 Å². The van der Waals surface area contributed by atoms with Gasteiger partial charge in [-0.15, -0.1) is 0 Å². The van der Waals surface area contributed by atoms with E-state index in [1.54, 1.807) is 26.8 Å². The second-order valence-electron chi connectivity index (χ2n) is 8.35. The van der Waals surface area contributed by atoms with E-state index in [1.807, 2.05) is 30.3 Å². The molecule has 1 amide bonds. The number of amides is 1. The minimum Gasteiger partial charge on any atom is -0.455 e. The molecule has 33 heavy (non-hydrogen) atoms. The van der Waals surface area contributed by atoms with Crippen molar-refractivity contribution in [2.24, 2.45) is 0 Å². The van der Waals surface area contributed by atoms with Crippen LogP contribution in [0.2, 0.25) is 0 Å². The summed E-state index contributed by atoms with van der Waals surface area (Å²) in [5, 5.41) is 2.70. The number of hydrogen-bond donors (Lipinski definition) is 1. The highest BCUT2D eigenvalue weighted by atomic mass is 32.2. The third kappa shape index (κ3) is 5.28. The van der Waals surface area contributed by atoms with Crippen LogP contribution in [0.15, 0.2) is 53.4 Å². The number of anilines is 1. The molecule has 2 aromatic carbocycles. The fourth-order valence-corrected chi connectivity index (χ4v) is 5.90. The smallest absolute Gasteiger partial charge is 0.317 e. The minimum atomic E-state index is -3.66. The highest BCUT2D eigenvalue weighted by molar-refractivity contribution is 7.89. The van der Waals surface area contributed by atoms with Crippen LogP contribution < -0.4 is 5.32 Å². The summed E-state index contributed by atoms with van der Waals surface area (Å²) in [6, 6.07) is 14.2. The summed E-state index contributed by atoms with van der Waals surface area (Å²) >= 11 is 0. The molecule has 0 unspecified atom stereocenters. The number of nitrogens with one attached hydrogen (secondary N) is 1. The summed E-state index contributed by atoms with van der Waals surface area (Å²) in [6.45, 7) is 5.61. The topological polar surface area (TPSA) is 92.8 Å². The van der Waals surface area contributed by atoms with E-state index in [1.165, 1.54) is 16.4 Å². The van der Waals surface area contributed by atoms with E-state index in [-0.39, 0.29) is 4.90 Å². The van der Waals surface area contributed by atoms with Crippen LogP contribution in [0.1, 0.15) is 50.7 Å². The second kappa shape index (κ2) is 10.5. The SMILES string of the molecule is CCN(CC)S(=O)(=O)c1ccc(C)c(NC(=O)COC(=O)C2(c3ccccc3)CCCC2)c1. The maximum Gasteiger partial charge on any atom is 0.317 e. The van der Waals surface area contributed by atoms with Gasteiger partial charge in [-0.3, -0.25) is 9.59 Å². The zero-order valence-corrected chi connectivity index (χ0v) is 20.3. The molecule has 0 bridgehead atoms. The molecule has 3 rings (SSSR count). The monoisotopic (exact) mass is 472 g/mol. The van der Waals surface area contributed by atoms with Crippen LogP contribution >= 0.6 is 0 Å². The van der Waals surface area contributed by atoms with Gasteiger partial charge >= 0.3 is 5.97 Å². The molecule has 0 heterocycles. The highest BCUT2D eigenvalue weighted by Gasteiger charge is 2.44. The lowest BCUT2D eigenvalue weighted by Crippen LogP contribution is -2.36. The lowest BCUT2D eigenvalue weighted by molar-refractivity contribution is -0.153. The molecule has 0 atom stereocenters. The first-order valence-corrected chi connectivity index (χ1v) is 12.8. The molecule has 1 fully saturated rings. The van der Waals surface area contributed by atoms with Crippen molar-refractivity contribution in [1.29, 1.82) is 0 Å². The van der Waals surface area contributed by atoms with Crippen molar-refractivity contribution in [3.8, 4) is 0 Å². The Morgan fingerprint density at radius 3 is 2.27 bits per heavy atom. The summed E-state index contributed by atoms with van der Waals surface area (Å²) in [4.78, 5) is 25.7. The van der Waals surface area contributed by atoms with Gasteiger partial charge in [0.1, 0.15) is 0 Å². The Labute approximate surface area is 196 Å². The molecule has 7 nitrogen and oxygen atoms in total. The van der Waals surface area contributed by atoms with Crippen molar-refractivity contribution in [2.75, 3.05) is 25.0 Å². The fraction of sp³-hybridized carbons (Fsp3) is 0.440. The predicted octanol–water partition coefficient (Wildman–Crippen LogP) is 4.02. The zero-order valence-electron chi connectivity index (χ0n) is 19.5. The van der Waals surface area contributed by atoms with E-state index in [2.05, 4.69) is 5.32 Å². The van der Waals surface area contributed by atoms with Gasteiger partial charge in [0.05, 0.1) is 10.3 Å². The van der Waals surface area contributed by atoms with Crippen LogP contribution in [0.5, 0.6) is 0 Å². The van der Waals surface area contributed by atoms with Gasteiger partial charge in [0.2, 0.25) is 10.0 Å². The Balaban J connectivity index is 1.70.